The molecular weight excluding hydrogens is 729 g/mol. The highest BCUT2D eigenvalue weighted by atomic mass is 15.0. The van der Waals surface area contributed by atoms with Crippen LogP contribution in [0.5, 0.6) is 0 Å². The molecule has 2 heterocycles. The van der Waals surface area contributed by atoms with Gasteiger partial charge in [0.2, 0.25) is 0 Å². The van der Waals surface area contributed by atoms with Crippen LogP contribution < -0.4 is 0 Å². The molecule has 0 spiro atoms. The van der Waals surface area contributed by atoms with Crippen molar-refractivity contribution in [3.05, 3.63) is 206 Å². The van der Waals surface area contributed by atoms with E-state index in [4.69, 9.17) is 15.0 Å². The second-order valence-electron chi connectivity index (χ2n) is 15.6. The fourth-order valence-corrected chi connectivity index (χ4v) is 8.73. The molecule has 0 saturated carbocycles. The second kappa shape index (κ2) is 14.5. The summed E-state index contributed by atoms with van der Waals surface area (Å²) in [4.78, 5) is 19.9. The zero-order valence-electron chi connectivity index (χ0n) is 33.3. The number of aryl methyl sites for hydroxylation is 2. The van der Waals surface area contributed by atoms with Crippen LogP contribution in [0.1, 0.15) is 11.4 Å². The first-order valence-electron chi connectivity index (χ1n) is 20.4. The van der Waals surface area contributed by atoms with Gasteiger partial charge < -0.3 is 0 Å². The van der Waals surface area contributed by atoms with Gasteiger partial charge in [0.05, 0.1) is 0 Å². The Labute approximate surface area is 348 Å². The number of rotatable bonds is 7. The van der Waals surface area contributed by atoms with E-state index >= 15 is 0 Å². The van der Waals surface area contributed by atoms with E-state index in [1.165, 1.54) is 54.6 Å². The monoisotopic (exact) mass is 766 g/mol. The van der Waals surface area contributed by atoms with Crippen LogP contribution in [0.3, 0.4) is 0 Å². The molecule has 0 atom stereocenters. The predicted octanol–water partition coefficient (Wildman–Crippen LogP) is 14.4. The van der Waals surface area contributed by atoms with Crippen LogP contribution in [0, 0.1) is 13.8 Å². The number of pyridine rings is 1. The maximum absolute atomic E-state index is 5.17. The highest BCUT2D eigenvalue weighted by Crippen LogP contribution is 2.42. The average molecular weight is 767 g/mol. The molecule has 11 rings (SSSR count). The summed E-state index contributed by atoms with van der Waals surface area (Å²) in [7, 11) is 0. The minimum Gasteiger partial charge on any atom is -0.258 e. The first kappa shape index (κ1) is 35.4. The smallest absolute Gasteiger partial charge is 0.164 e. The lowest BCUT2D eigenvalue weighted by atomic mass is 9.87. The van der Waals surface area contributed by atoms with Crippen molar-refractivity contribution in [3.8, 4) is 78.7 Å². The maximum atomic E-state index is 5.17. The lowest BCUT2D eigenvalue weighted by molar-refractivity contribution is 1.07. The van der Waals surface area contributed by atoms with Gasteiger partial charge in [0, 0.05) is 28.1 Å². The van der Waals surface area contributed by atoms with Crippen LogP contribution >= 0.6 is 0 Å². The number of aromatic nitrogens is 4. The Bertz CT molecular complexity index is 3280. The standard InChI is InChI=1S/C56H38N4/c1-35-29-46(30-36(2)57-35)39-23-19-37(20-24-39)38-21-25-40(26-22-38)47-31-48(51-34-45-17-9-15-41-27-28-42-16-10-18-50(51)53(42)52(41)45)33-49(32-47)56-59-54(43-11-5-3-6-12-43)58-55(60-56)44-13-7-4-8-14-44/h3-34H,1-2H3. The molecule has 282 valence electrons. The summed E-state index contributed by atoms with van der Waals surface area (Å²) in [5.74, 6) is 1.90. The summed E-state index contributed by atoms with van der Waals surface area (Å²) in [5, 5.41) is 7.53. The zero-order chi connectivity index (χ0) is 40.2. The van der Waals surface area contributed by atoms with Gasteiger partial charge in [0.15, 0.2) is 17.5 Å². The van der Waals surface area contributed by atoms with E-state index in [9.17, 15) is 0 Å². The topological polar surface area (TPSA) is 51.6 Å². The largest absolute Gasteiger partial charge is 0.258 e. The zero-order valence-corrected chi connectivity index (χ0v) is 33.3. The fourth-order valence-electron chi connectivity index (χ4n) is 8.73. The molecule has 0 aliphatic carbocycles. The van der Waals surface area contributed by atoms with E-state index in [0.717, 1.165) is 50.3 Å². The first-order valence-corrected chi connectivity index (χ1v) is 20.4. The minimum atomic E-state index is 0.624. The molecule has 0 saturated heterocycles. The number of hydrogen-bond donors (Lipinski definition) is 0. The van der Waals surface area contributed by atoms with Crippen molar-refractivity contribution < 1.29 is 0 Å². The molecule has 4 heteroatoms. The van der Waals surface area contributed by atoms with Gasteiger partial charge in [0.1, 0.15) is 0 Å². The molecule has 9 aromatic carbocycles. The molecule has 0 amide bonds. The molecule has 0 unspecified atom stereocenters. The molecular formula is C56H38N4. The third-order valence-corrected chi connectivity index (χ3v) is 11.6. The Kier molecular flexibility index (Phi) is 8.56. The molecule has 0 fully saturated rings. The number of hydrogen-bond acceptors (Lipinski definition) is 4. The molecule has 2 aromatic heterocycles. The summed E-state index contributed by atoms with van der Waals surface area (Å²) in [6.07, 6.45) is 0. The van der Waals surface area contributed by atoms with Crippen molar-refractivity contribution in [2.24, 2.45) is 0 Å². The quantitative estimate of drug-likeness (QED) is 0.152. The average Bonchev–Trinajstić information content (AvgIpc) is 3.31. The predicted molar refractivity (Wildman–Crippen MR) is 249 cm³/mol. The summed E-state index contributed by atoms with van der Waals surface area (Å²) in [5.41, 5.74) is 14.0. The van der Waals surface area contributed by atoms with Gasteiger partial charge in [-0.3, -0.25) is 4.98 Å². The normalized spacial score (nSPS) is 11.5. The van der Waals surface area contributed by atoms with Crippen LogP contribution in [0.15, 0.2) is 194 Å². The molecule has 0 aliphatic heterocycles. The Balaban J connectivity index is 1.08. The third kappa shape index (κ3) is 6.45. The van der Waals surface area contributed by atoms with Gasteiger partial charge in [0.25, 0.3) is 0 Å². The van der Waals surface area contributed by atoms with Crippen molar-refractivity contribution in [3.63, 3.8) is 0 Å². The van der Waals surface area contributed by atoms with Gasteiger partial charge in [-0.25, -0.2) is 15.0 Å². The molecule has 0 N–H and O–H groups in total. The maximum Gasteiger partial charge on any atom is 0.164 e. The van der Waals surface area contributed by atoms with Crippen molar-refractivity contribution in [2.45, 2.75) is 13.8 Å². The highest BCUT2D eigenvalue weighted by Gasteiger charge is 2.18. The molecule has 60 heavy (non-hydrogen) atoms. The van der Waals surface area contributed by atoms with E-state index in [-0.39, 0.29) is 0 Å². The first-order chi connectivity index (χ1) is 29.5. The van der Waals surface area contributed by atoms with E-state index in [0.29, 0.717) is 17.5 Å². The number of nitrogens with zero attached hydrogens (tertiary/aromatic N) is 4. The summed E-state index contributed by atoms with van der Waals surface area (Å²) in [6, 6.07) is 69.2. The Morgan fingerprint density at radius 3 is 1.27 bits per heavy atom. The lowest BCUT2D eigenvalue weighted by Crippen LogP contribution is -2.00. The van der Waals surface area contributed by atoms with E-state index in [1.54, 1.807) is 0 Å². The van der Waals surface area contributed by atoms with Crippen LogP contribution in [0.2, 0.25) is 0 Å². The van der Waals surface area contributed by atoms with Gasteiger partial charge >= 0.3 is 0 Å². The second-order valence-corrected chi connectivity index (χ2v) is 15.6. The molecule has 0 radical (unpaired) electrons. The van der Waals surface area contributed by atoms with Gasteiger partial charge in [-0.05, 0) is 127 Å². The van der Waals surface area contributed by atoms with E-state index < -0.39 is 0 Å². The van der Waals surface area contributed by atoms with Crippen LogP contribution in [0.25, 0.3) is 111 Å². The summed E-state index contributed by atoms with van der Waals surface area (Å²) < 4.78 is 0. The molecule has 0 aliphatic rings. The fraction of sp³-hybridized carbons (Fsp3) is 0.0357. The Hall–Kier alpha value is -7.82. The third-order valence-electron chi connectivity index (χ3n) is 11.6. The Morgan fingerprint density at radius 1 is 0.267 bits per heavy atom. The summed E-state index contributed by atoms with van der Waals surface area (Å²) >= 11 is 0. The summed E-state index contributed by atoms with van der Waals surface area (Å²) in [6.45, 7) is 4.09. The van der Waals surface area contributed by atoms with Crippen molar-refractivity contribution in [1.29, 1.82) is 0 Å². The lowest BCUT2D eigenvalue weighted by Gasteiger charge is -2.17. The SMILES string of the molecule is Cc1cc(-c2ccc(-c3ccc(-c4cc(-c5nc(-c6ccccc6)nc(-c6ccccc6)n5)cc(-c5cc6cccc7ccc8cccc5c8c76)c4)cc3)cc2)cc(C)n1. The minimum absolute atomic E-state index is 0.624. The van der Waals surface area contributed by atoms with Crippen LogP contribution in [-0.4, -0.2) is 19.9 Å². The molecule has 11 aromatic rings. The Morgan fingerprint density at radius 2 is 0.700 bits per heavy atom. The van der Waals surface area contributed by atoms with Crippen LogP contribution in [-0.2, 0) is 0 Å². The van der Waals surface area contributed by atoms with Crippen molar-refractivity contribution in [2.75, 3.05) is 0 Å². The van der Waals surface area contributed by atoms with E-state index in [1.807, 2.05) is 50.2 Å². The van der Waals surface area contributed by atoms with Crippen molar-refractivity contribution in [1.82, 2.24) is 19.9 Å². The van der Waals surface area contributed by atoms with Gasteiger partial charge in [-0.15, -0.1) is 0 Å². The van der Waals surface area contributed by atoms with Gasteiger partial charge in [-0.2, -0.15) is 0 Å². The highest BCUT2D eigenvalue weighted by molar-refractivity contribution is 6.26. The van der Waals surface area contributed by atoms with Crippen LogP contribution in [0.4, 0.5) is 0 Å². The van der Waals surface area contributed by atoms with Gasteiger partial charge in [-0.1, -0.05) is 158 Å². The molecule has 4 nitrogen and oxygen atoms in total. The molecule has 0 bridgehead atoms. The van der Waals surface area contributed by atoms with E-state index in [2.05, 4.69) is 163 Å². The number of benzene rings is 9. The van der Waals surface area contributed by atoms with Crippen molar-refractivity contribution >= 4 is 32.3 Å².